The third-order valence-electron chi connectivity index (χ3n) is 1.44. The van der Waals surface area contributed by atoms with E-state index in [9.17, 15) is 5.21 Å². The minimum Gasteiger partial charge on any atom is -0.594 e. The lowest BCUT2D eigenvalue weighted by atomic mass is 10.2. The Labute approximate surface area is 65.6 Å². The van der Waals surface area contributed by atoms with Crippen molar-refractivity contribution in [3.63, 3.8) is 0 Å². The fourth-order valence-electron chi connectivity index (χ4n) is 0.788. The van der Waals surface area contributed by atoms with Crippen LogP contribution in [0.1, 0.15) is 5.56 Å². The van der Waals surface area contributed by atoms with E-state index in [0.29, 0.717) is 10.5 Å². The normalized spacial score (nSPS) is 11.6. The number of nitrogens with zero attached hydrogens (tertiary/aromatic N) is 2. The van der Waals surface area contributed by atoms with Gasteiger partial charge in [0.2, 0.25) is 5.69 Å². The van der Waals surface area contributed by atoms with Gasteiger partial charge in [0.05, 0.1) is 7.05 Å². The van der Waals surface area contributed by atoms with Crippen molar-refractivity contribution in [3.05, 3.63) is 35.0 Å². The summed E-state index contributed by atoms with van der Waals surface area (Å²) in [6.45, 7) is 1.97. The molecule has 0 fully saturated rings. The zero-order chi connectivity index (χ0) is 8.27. The molecule has 0 radical (unpaired) electrons. The summed E-state index contributed by atoms with van der Waals surface area (Å²) in [6, 6.07) is 7.25. The molecule has 0 saturated carbocycles. The van der Waals surface area contributed by atoms with E-state index in [0.717, 1.165) is 5.56 Å². The van der Waals surface area contributed by atoms with Crippen LogP contribution in [0.3, 0.4) is 0 Å². The molecule has 0 N–H and O–H groups in total. The molecule has 0 heterocycles. The monoisotopic (exact) mass is 150 g/mol. The smallest absolute Gasteiger partial charge is 0.244 e. The lowest BCUT2D eigenvalue weighted by Gasteiger charge is -1.97. The SMILES string of the molecule is CN=[N+]([O-])c1ccc(C)cc1. The molecular weight excluding hydrogens is 140 g/mol. The van der Waals surface area contributed by atoms with E-state index >= 15 is 0 Å². The molecule has 3 nitrogen and oxygen atoms in total. The second-order valence-electron chi connectivity index (χ2n) is 2.31. The fraction of sp³-hybridized carbons (Fsp3) is 0.250. The second-order valence-corrected chi connectivity index (χ2v) is 2.31. The largest absolute Gasteiger partial charge is 0.594 e. The summed E-state index contributed by atoms with van der Waals surface area (Å²) in [6.07, 6.45) is 0. The van der Waals surface area contributed by atoms with Crippen LogP contribution < -0.4 is 0 Å². The summed E-state index contributed by atoms with van der Waals surface area (Å²) in [4.78, 5) is 0.597. The highest BCUT2D eigenvalue weighted by molar-refractivity contribution is 5.31. The Morgan fingerprint density at radius 2 is 1.82 bits per heavy atom. The van der Waals surface area contributed by atoms with E-state index in [1.54, 1.807) is 12.1 Å². The van der Waals surface area contributed by atoms with Crippen LogP contribution in [0.25, 0.3) is 0 Å². The molecule has 0 spiro atoms. The summed E-state index contributed by atoms with van der Waals surface area (Å²) in [5.74, 6) is 0. The maximum Gasteiger partial charge on any atom is 0.244 e. The minimum atomic E-state index is 0.568. The van der Waals surface area contributed by atoms with Gasteiger partial charge in [0.15, 0.2) is 0 Å². The first-order valence-corrected chi connectivity index (χ1v) is 3.37. The molecule has 11 heavy (non-hydrogen) atoms. The van der Waals surface area contributed by atoms with Crippen molar-refractivity contribution in [1.82, 2.24) is 0 Å². The minimum absolute atomic E-state index is 0.568. The Morgan fingerprint density at radius 3 is 2.27 bits per heavy atom. The number of hydrogen-bond acceptors (Lipinski definition) is 2. The van der Waals surface area contributed by atoms with Gasteiger partial charge in [0.25, 0.3) is 0 Å². The Balaban J connectivity index is 2.99. The van der Waals surface area contributed by atoms with Gasteiger partial charge in [0, 0.05) is 12.1 Å². The summed E-state index contributed by atoms with van der Waals surface area (Å²) < 4.78 is 0. The van der Waals surface area contributed by atoms with Crippen LogP contribution in [0.15, 0.2) is 29.4 Å². The van der Waals surface area contributed by atoms with E-state index in [-0.39, 0.29) is 0 Å². The van der Waals surface area contributed by atoms with Crippen molar-refractivity contribution >= 4 is 5.69 Å². The van der Waals surface area contributed by atoms with E-state index in [2.05, 4.69) is 5.11 Å². The Morgan fingerprint density at radius 1 is 1.27 bits per heavy atom. The number of azo groups is 1. The van der Waals surface area contributed by atoms with E-state index in [1.807, 2.05) is 19.1 Å². The maximum absolute atomic E-state index is 10.9. The summed E-state index contributed by atoms with van der Waals surface area (Å²) in [5, 5.41) is 14.3. The van der Waals surface area contributed by atoms with Gasteiger partial charge >= 0.3 is 0 Å². The lowest BCUT2D eigenvalue weighted by Crippen LogP contribution is -1.89. The van der Waals surface area contributed by atoms with Crippen molar-refractivity contribution in [2.75, 3.05) is 7.05 Å². The number of benzene rings is 1. The zero-order valence-electron chi connectivity index (χ0n) is 6.61. The Kier molecular flexibility index (Phi) is 2.21. The van der Waals surface area contributed by atoms with Gasteiger partial charge in [0.1, 0.15) is 0 Å². The van der Waals surface area contributed by atoms with Crippen LogP contribution in [0.4, 0.5) is 5.69 Å². The van der Waals surface area contributed by atoms with Crippen molar-refractivity contribution in [1.29, 1.82) is 0 Å². The van der Waals surface area contributed by atoms with Crippen LogP contribution in [0.2, 0.25) is 0 Å². The molecule has 3 heteroatoms. The first-order valence-electron chi connectivity index (χ1n) is 3.37. The van der Waals surface area contributed by atoms with Gasteiger partial charge in [-0.05, 0) is 12.0 Å². The highest BCUT2D eigenvalue weighted by Gasteiger charge is 1.98. The van der Waals surface area contributed by atoms with Crippen molar-refractivity contribution < 1.29 is 4.86 Å². The zero-order valence-corrected chi connectivity index (χ0v) is 6.61. The third-order valence-corrected chi connectivity index (χ3v) is 1.44. The quantitative estimate of drug-likeness (QED) is 0.343. The van der Waals surface area contributed by atoms with Gasteiger partial charge in [-0.1, -0.05) is 22.6 Å². The highest BCUT2D eigenvalue weighted by Crippen LogP contribution is 2.11. The van der Waals surface area contributed by atoms with Crippen LogP contribution in [-0.4, -0.2) is 11.9 Å². The van der Waals surface area contributed by atoms with E-state index < -0.39 is 0 Å². The number of hydrogen-bond donors (Lipinski definition) is 0. The van der Waals surface area contributed by atoms with Gasteiger partial charge in [-0.15, -0.1) is 0 Å². The molecule has 0 atom stereocenters. The second kappa shape index (κ2) is 3.14. The predicted octanol–water partition coefficient (Wildman–Crippen LogP) is 2.22. The standard InChI is InChI=1S/C8H10N2O/c1-7-3-5-8(6-4-7)10(11)9-2/h3-6H,1-2H3. The first-order chi connectivity index (χ1) is 5.24. The fourth-order valence-corrected chi connectivity index (χ4v) is 0.788. The van der Waals surface area contributed by atoms with Crippen LogP contribution in [-0.2, 0) is 0 Å². The van der Waals surface area contributed by atoms with Crippen molar-refractivity contribution in [2.24, 2.45) is 5.11 Å². The van der Waals surface area contributed by atoms with Crippen molar-refractivity contribution in [3.8, 4) is 0 Å². The summed E-state index contributed by atoms with van der Waals surface area (Å²) >= 11 is 0. The predicted molar refractivity (Wildman–Crippen MR) is 42.8 cm³/mol. The lowest BCUT2D eigenvalue weighted by molar-refractivity contribution is -0.439. The molecule has 0 amide bonds. The molecular formula is C8H10N2O. The average molecular weight is 150 g/mol. The van der Waals surface area contributed by atoms with E-state index in [4.69, 9.17) is 0 Å². The van der Waals surface area contributed by atoms with Gasteiger partial charge in [-0.25, -0.2) is 0 Å². The molecule has 1 rings (SSSR count). The number of aryl methyl sites for hydroxylation is 1. The maximum atomic E-state index is 10.9. The topological polar surface area (TPSA) is 38.4 Å². The molecule has 0 aromatic heterocycles. The molecule has 0 aliphatic carbocycles. The molecule has 1 aromatic rings. The van der Waals surface area contributed by atoms with Crippen LogP contribution >= 0.6 is 0 Å². The summed E-state index contributed by atoms with van der Waals surface area (Å²) in [5.41, 5.74) is 1.70. The average Bonchev–Trinajstić information content (AvgIpc) is 2.05. The molecule has 0 aliphatic heterocycles. The first kappa shape index (κ1) is 7.72. The van der Waals surface area contributed by atoms with Crippen molar-refractivity contribution in [2.45, 2.75) is 6.92 Å². The van der Waals surface area contributed by atoms with Gasteiger partial charge < -0.3 is 5.21 Å². The Bertz CT molecular complexity index is 264. The summed E-state index contributed by atoms with van der Waals surface area (Å²) in [7, 11) is 1.47. The molecule has 0 saturated heterocycles. The van der Waals surface area contributed by atoms with Gasteiger partial charge in [-0.2, -0.15) is 0 Å². The molecule has 0 unspecified atom stereocenters. The van der Waals surface area contributed by atoms with Gasteiger partial charge in [-0.3, -0.25) is 0 Å². The van der Waals surface area contributed by atoms with Crippen LogP contribution in [0, 0.1) is 12.1 Å². The molecule has 1 aromatic carbocycles. The molecule has 0 aliphatic rings. The van der Waals surface area contributed by atoms with E-state index in [1.165, 1.54) is 7.05 Å². The van der Waals surface area contributed by atoms with Crippen LogP contribution in [0.5, 0.6) is 0 Å². The third kappa shape index (κ3) is 1.77. The molecule has 58 valence electrons. The molecule has 0 bridgehead atoms. The highest BCUT2D eigenvalue weighted by atomic mass is 16.5. The number of rotatable bonds is 1. The Hall–Kier alpha value is -1.38.